The highest BCUT2D eigenvalue weighted by Gasteiger charge is 2.68. The monoisotopic (exact) mass is 707 g/mol. The molecule has 1 amide bonds. The average molecular weight is 709 g/mol. The Kier molecular flexibility index (Phi) is 11.1. The van der Waals surface area contributed by atoms with Crippen molar-refractivity contribution in [1.29, 1.82) is 0 Å². The molecule has 6 aliphatic rings. The molecule has 9 nitrogen and oxygen atoms in total. The quantitative estimate of drug-likeness (QED) is 0.352. The summed E-state index contributed by atoms with van der Waals surface area (Å²) in [6.07, 6.45) is 7.29. The molecule has 250 valence electrons. The Labute approximate surface area is 283 Å². The number of aliphatic hydroxyl groups is 3. The van der Waals surface area contributed by atoms with Crippen LogP contribution in [0.4, 0.5) is 0 Å². The molecule has 6 rings (SSSR count). The molecule has 5 aliphatic carbocycles. The minimum atomic E-state index is -1.58. The molecule has 1 aliphatic heterocycles. The number of amides is 1. The van der Waals surface area contributed by atoms with Crippen LogP contribution in [0.2, 0.25) is 0 Å². The van der Waals surface area contributed by atoms with E-state index >= 15 is 0 Å². The van der Waals surface area contributed by atoms with Crippen LogP contribution in [0.25, 0.3) is 0 Å². The van der Waals surface area contributed by atoms with Crippen LogP contribution in [0.15, 0.2) is 20.1 Å². The number of nitrogens with zero attached hydrogens (tertiary/aromatic N) is 1. The molecule has 45 heavy (non-hydrogen) atoms. The number of allylic oxidation sites excluding steroid dienone is 4. The number of hydrogen-bond donors (Lipinski definition) is 3. The van der Waals surface area contributed by atoms with Crippen molar-refractivity contribution in [2.24, 2.45) is 34.5 Å². The van der Waals surface area contributed by atoms with Crippen LogP contribution in [0.1, 0.15) is 78.1 Å². The molecule has 0 aromatic rings. The lowest BCUT2D eigenvalue weighted by Crippen LogP contribution is -2.62. The Morgan fingerprint density at radius 3 is 1.96 bits per heavy atom. The van der Waals surface area contributed by atoms with Gasteiger partial charge in [-0.05, 0) is 74.5 Å². The van der Waals surface area contributed by atoms with E-state index in [-0.39, 0.29) is 41.5 Å². The fourth-order valence-electron chi connectivity index (χ4n) is 9.02. The van der Waals surface area contributed by atoms with E-state index in [1.54, 1.807) is 4.90 Å². The van der Waals surface area contributed by atoms with Gasteiger partial charge in [-0.15, -0.1) is 0 Å². The van der Waals surface area contributed by atoms with Crippen molar-refractivity contribution in [2.45, 2.75) is 89.8 Å². The van der Waals surface area contributed by atoms with Gasteiger partial charge >= 0.3 is 0 Å². The zero-order valence-electron chi connectivity index (χ0n) is 25.7. The van der Waals surface area contributed by atoms with Gasteiger partial charge in [0.15, 0.2) is 5.78 Å². The molecule has 3 N–H and O–H groups in total. The molecular weight excluding hydrogens is 668 g/mol. The zero-order chi connectivity index (χ0) is 33.6. The van der Waals surface area contributed by atoms with Gasteiger partial charge in [0.2, 0.25) is 17.5 Å². The highest BCUT2D eigenvalue weighted by atomic mass is 35.5. The van der Waals surface area contributed by atoms with Gasteiger partial charge in [-0.1, -0.05) is 60.3 Å². The average Bonchev–Trinajstić information content (AvgIpc) is 3.51. The Morgan fingerprint density at radius 1 is 0.911 bits per heavy atom. The van der Waals surface area contributed by atoms with Gasteiger partial charge in [-0.25, -0.2) is 0 Å². The van der Waals surface area contributed by atoms with E-state index in [0.29, 0.717) is 18.2 Å². The molecule has 0 aromatic heterocycles. The summed E-state index contributed by atoms with van der Waals surface area (Å²) >= 11 is 21.5. The number of halogens is 4. The van der Waals surface area contributed by atoms with Crippen LogP contribution >= 0.6 is 46.4 Å². The van der Waals surface area contributed by atoms with Crippen molar-refractivity contribution in [2.75, 3.05) is 20.2 Å². The molecule has 5 fully saturated rings. The number of rotatable bonds is 2. The van der Waals surface area contributed by atoms with E-state index in [4.69, 9.17) is 46.4 Å². The predicted octanol–water partition coefficient (Wildman–Crippen LogP) is 4.62. The van der Waals surface area contributed by atoms with Gasteiger partial charge in [0.25, 0.3) is 0 Å². The van der Waals surface area contributed by atoms with Gasteiger partial charge in [0.05, 0.1) is 6.10 Å². The predicted molar refractivity (Wildman–Crippen MR) is 170 cm³/mol. The third kappa shape index (κ3) is 6.32. The van der Waals surface area contributed by atoms with Crippen LogP contribution in [0, 0.1) is 34.5 Å². The topological polar surface area (TPSA) is 149 Å². The smallest absolute Gasteiger partial charge is 0.222 e. The second-order valence-corrected chi connectivity index (χ2v) is 15.3. The summed E-state index contributed by atoms with van der Waals surface area (Å²) in [6, 6.07) is 0. The lowest BCUT2D eigenvalue weighted by Gasteiger charge is -2.60. The standard InChI is InChI=1S/C21H32O5.C6Cl4O2.C5H9NO/c1-19-7-5-13(23)9-12(19)3-4-14-15-6-8-21(26,17(25)11-22)20(15,2)10-16(24)18(14)19;7-1-2(8)6(12)4(10)3(9)5(1)11;1-6-4-2-3-5(6)7/h12-15,18,22-23,26H,3-11H2,1-2H3;;2-4H2,1H3/t12-,13-,14+,15+,18-,19+,20+,21+;;/m1../s1. The van der Waals surface area contributed by atoms with Gasteiger partial charge in [-0.2, -0.15) is 0 Å². The van der Waals surface area contributed by atoms with E-state index in [1.807, 2.05) is 14.0 Å². The lowest BCUT2D eigenvalue weighted by atomic mass is 9.44. The lowest BCUT2D eigenvalue weighted by molar-refractivity contribution is -0.180. The highest BCUT2D eigenvalue weighted by molar-refractivity contribution is 6.69. The maximum absolute atomic E-state index is 13.4. The first-order chi connectivity index (χ1) is 20.9. The maximum atomic E-state index is 13.4. The largest absolute Gasteiger partial charge is 0.393 e. The Balaban J connectivity index is 0.000000199. The minimum absolute atomic E-state index is 0.0154. The van der Waals surface area contributed by atoms with Gasteiger partial charge < -0.3 is 20.2 Å². The fraction of sp³-hybridized carbons (Fsp3) is 0.719. The summed E-state index contributed by atoms with van der Waals surface area (Å²) in [5, 5.41) is 29.0. The Morgan fingerprint density at radius 2 is 1.49 bits per heavy atom. The number of ketones is 4. The molecule has 0 aromatic carbocycles. The number of aliphatic hydroxyl groups excluding tert-OH is 2. The van der Waals surface area contributed by atoms with Crippen molar-refractivity contribution in [3.05, 3.63) is 20.1 Å². The van der Waals surface area contributed by atoms with Crippen molar-refractivity contribution in [3.63, 3.8) is 0 Å². The molecule has 1 heterocycles. The van der Waals surface area contributed by atoms with Crippen LogP contribution < -0.4 is 0 Å². The van der Waals surface area contributed by atoms with Crippen molar-refractivity contribution in [1.82, 2.24) is 4.90 Å². The maximum Gasteiger partial charge on any atom is 0.222 e. The Bertz CT molecular complexity index is 1290. The molecule has 0 bridgehead atoms. The second kappa shape index (κ2) is 13.7. The fourth-order valence-corrected chi connectivity index (χ4v) is 9.84. The summed E-state index contributed by atoms with van der Waals surface area (Å²) in [6.45, 7) is 4.42. The molecule has 0 radical (unpaired) electrons. The number of likely N-dealkylation sites (tertiary alicyclic amines) is 1. The van der Waals surface area contributed by atoms with E-state index < -0.39 is 55.1 Å². The number of Topliss-reactive ketones (excluding diaryl/α,β-unsaturated/α-hetero) is 4. The first kappa shape index (κ1) is 36.5. The van der Waals surface area contributed by atoms with E-state index in [0.717, 1.165) is 57.9 Å². The molecular formula is C32H41Cl4NO8. The molecule has 8 atom stereocenters. The first-order valence-electron chi connectivity index (χ1n) is 15.5. The van der Waals surface area contributed by atoms with Crippen LogP contribution in [0.5, 0.6) is 0 Å². The molecule has 13 heteroatoms. The van der Waals surface area contributed by atoms with E-state index in [9.17, 15) is 39.3 Å². The Hall–Kier alpha value is -1.33. The third-order valence-electron chi connectivity index (χ3n) is 11.6. The summed E-state index contributed by atoms with van der Waals surface area (Å²) in [4.78, 5) is 60.0. The van der Waals surface area contributed by atoms with Crippen molar-refractivity contribution < 1.29 is 39.3 Å². The van der Waals surface area contributed by atoms with Gasteiger partial charge in [0, 0.05) is 37.8 Å². The summed E-state index contributed by atoms with van der Waals surface area (Å²) < 4.78 is 0. The molecule has 1 saturated heterocycles. The third-order valence-corrected chi connectivity index (χ3v) is 13.2. The van der Waals surface area contributed by atoms with Crippen molar-refractivity contribution >= 4 is 75.4 Å². The first-order valence-corrected chi connectivity index (χ1v) is 17.0. The minimum Gasteiger partial charge on any atom is -0.393 e. The number of carbonyl (C=O) groups is 5. The van der Waals surface area contributed by atoms with Crippen LogP contribution in [-0.4, -0.2) is 81.2 Å². The van der Waals surface area contributed by atoms with Crippen molar-refractivity contribution in [3.8, 4) is 0 Å². The highest BCUT2D eigenvalue weighted by Crippen LogP contribution is 2.67. The van der Waals surface area contributed by atoms with Crippen LogP contribution in [0.3, 0.4) is 0 Å². The summed E-state index contributed by atoms with van der Waals surface area (Å²) in [5.74, 6) is -0.786. The normalized spacial score (nSPS) is 39.4. The van der Waals surface area contributed by atoms with Gasteiger partial charge in [-0.3, -0.25) is 24.0 Å². The van der Waals surface area contributed by atoms with Crippen LogP contribution in [-0.2, 0) is 24.0 Å². The molecule has 0 unspecified atom stereocenters. The number of hydrogen-bond acceptors (Lipinski definition) is 8. The van der Waals surface area contributed by atoms with E-state index in [1.165, 1.54) is 0 Å². The number of carbonyl (C=O) groups excluding carboxylic acids is 5. The summed E-state index contributed by atoms with van der Waals surface area (Å²) in [7, 11) is 1.84. The van der Waals surface area contributed by atoms with E-state index in [2.05, 4.69) is 6.92 Å². The number of fused-ring (bicyclic) bond motifs is 5. The molecule has 4 saturated carbocycles. The zero-order valence-corrected chi connectivity index (χ0v) is 28.7. The van der Waals surface area contributed by atoms with Gasteiger partial charge in [0.1, 0.15) is 38.1 Å². The summed E-state index contributed by atoms with van der Waals surface area (Å²) in [5.41, 5.74) is -2.40. The molecule has 0 spiro atoms. The second-order valence-electron chi connectivity index (χ2n) is 13.8. The SMILES string of the molecule is CN1CCCC1=O.C[C@]12CC[C@@H](O)C[C@H]1CC[C@@H]1[C@@H]2C(=O)C[C@@]2(C)[C@H]1CC[C@]2(O)C(=O)CO.O=C1C(Cl)=C(Cl)C(=O)C(Cl)=C1Cl.